The summed E-state index contributed by atoms with van der Waals surface area (Å²) in [6, 6.07) is 17.1. The van der Waals surface area contributed by atoms with Gasteiger partial charge in [-0.1, -0.05) is 59.6 Å². The number of halogens is 1. The molecule has 8 heteroatoms. The molecule has 1 heterocycles. The normalized spacial score (nSPS) is 11.0. The van der Waals surface area contributed by atoms with Crippen molar-refractivity contribution in [3.63, 3.8) is 0 Å². The van der Waals surface area contributed by atoms with E-state index in [0.29, 0.717) is 5.56 Å². The van der Waals surface area contributed by atoms with Gasteiger partial charge >= 0.3 is 0 Å². The van der Waals surface area contributed by atoms with E-state index >= 15 is 0 Å². The highest BCUT2D eigenvalue weighted by atomic mass is 35.5. The van der Waals surface area contributed by atoms with Crippen LogP contribution in [-0.4, -0.2) is 18.4 Å². The maximum Gasteiger partial charge on any atom is 0.264 e. The quantitative estimate of drug-likeness (QED) is 0.690. The summed E-state index contributed by atoms with van der Waals surface area (Å²) in [5.74, 6) is -0.201. The standard InChI is InChI=1S/C18H13ClN4O2S/c1-12-7-9-13(10-8-12)16-15(11-20)17(19)22-18(21-16)23-26(24,25)14-5-3-2-4-6-14/h2-10H,1H3,(H,21,22,23). The van der Waals surface area contributed by atoms with Crippen molar-refractivity contribution in [1.29, 1.82) is 5.26 Å². The van der Waals surface area contributed by atoms with Gasteiger partial charge in [-0.05, 0) is 19.1 Å². The minimum absolute atomic E-state index is 0.0703. The maximum atomic E-state index is 12.5. The van der Waals surface area contributed by atoms with Gasteiger partial charge in [-0.15, -0.1) is 0 Å². The average Bonchev–Trinajstić information content (AvgIpc) is 2.62. The lowest BCUT2D eigenvalue weighted by Gasteiger charge is -2.10. The van der Waals surface area contributed by atoms with E-state index < -0.39 is 10.0 Å². The van der Waals surface area contributed by atoms with Crippen LogP contribution < -0.4 is 4.72 Å². The Morgan fingerprint density at radius 1 is 1.04 bits per heavy atom. The number of hydrogen-bond donors (Lipinski definition) is 1. The Balaban J connectivity index is 2.07. The molecule has 0 unspecified atom stereocenters. The summed E-state index contributed by atoms with van der Waals surface area (Å²) in [6.45, 7) is 1.93. The molecule has 0 aliphatic rings. The molecule has 0 aliphatic carbocycles. The first-order valence-corrected chi connectivity index (χ1v) is 9.39. The van der Waals surface area contributed by atoms with E-state index in [4.69, 9.17) is 11.6 Å². The van der Waals surface area contributed by atoms with Crippen molar-refractivity contribution in [2.24, 2.45) is 0 Å². The Labute approximate surface area is 156 Å². The third-order valence-corrected chi connectivity index (χ3v) is 5.20. The first-order chi connectivity index (χ1) is 12.4. The molecule has 2 aromatic carbocycles. The van der Waals surface area contributed by atoms with Crippen molar-refractivity contribution in [3.8, 4) is 17.3 Å². The second-order valence-corrected chi connectivity index (χ2v) is 7.50. The minimum atomic E-state index is -3.87. The number of anilines is 1. The highest BCUT2D eigenvalue weighted by Crippen LogP contribution is 2.28. The Hall–Kier alpha value is -2.95. The first kappa shape index (κ1) is 17.9. The van der Waals surface area contributed by atoms with Gasteiger partial charge in [-0.3, -0.25) is 0 Å². The Morgan fingerprint density at radius 3 is 2.31 bits per heavy atom. The summed E-state index contributed by atoms with van der Waals surface area (Å²) in [4.78, 5) is 8.18. The van der Waals surface area contributed by atoms with E-state index in [0.717, 1.165) is 5.56 Å². The molecule has 0 saturated carbocycles. The second kappa shape index (κ2) is 7.12. The van der Waals surface area contributed by atoms with Crippen LogP contribution in [0.1, 0.15) is 11.1 Å². The number of aromatic nitrogens is 2. The van der Waals surface area contributed by atoms with Crippen molar-refractivity contribution >= 4 is 27.6 Å². The van der Waals surface area contributed by atoms with Gasteiger partial charge in [0.2, 0.25) is 5.95 Å². The molecule has 0 bridgehead atoms. The van der Waals surface area contributed by atoms with Crippen LogP contribution in [-0.2, 0) is 10.0 Å². The molecule has 1 aromatic heterocycles. The van der Waals surface area contributed by atoms with Gasteiger partial charge < -0.3 is 0 Å². The molecule has 3 rings (SSSR count). The minimum Gasteiger partial charge on any atom is -0.247 e. The number of nitriles is 1. The fraction of sp³-hybridized carbons (Fsp3) is 0.0556. The molecular formula is C18H13ClN4O2S. The third kappa shape index (κ3) is 3.67. The zero-order chi connectivity index (χ0) is 18.7. The second-order valence-electron chi connectivity index (χ2n) is 5.46. The average molecular weight is 385 g/mol. The highest BCUT2D eigenvalue weighted by molar-refractivity contribution is 7.92. The summed E-state index contributed by atoms with van der Waals surface area (Å²) < 4.78 is 27.2. The van der Waals surface area contributed by atoms with Gasteiger partial charge in [0, 0.05) is 5.56 Å². The molecule has 130 valence electrons. The smallest absolute Gasteiger partial charge is 0.247 e. The van der Waals surface area contributed by atoms with Gasteiger partial charge in [0.25, 0.3) is 10.0 Å². The van der Waals surface area contributed by atoms with Crippen molar-refractivity contribution in [2.75, 3.05) is 4.72 Å². The number of benzene rings is 2. The number of rotatable bonds is 4. The number of nitrogens with zero attached hydrogens (tertiary/aromatic N) is 3. The predicted molar refractivity (Wildman–Crippen MR) is 99.2 cm³/mol. The summed E-state index contributed by atoms with van der Waals surface area (Å²) in [5.41, 5.74) is 2.02. The third-order valence-electron chi connectivity index (χ3n) is 3.58. The van der Waals surface area contributed by atoms with Crippen molar-refractivity contribution < 1.29 is 8.42 Å². The largest absolute Gasteiger partial charge is 0.264 e. The fourth-order valence-corrected chi connectivity index (χ4v) is 3.45. The molecular weight excluding hydrogens is 372 g/mol. The van der Waals surface area contributed by atoms with Crippen molar-refractivity contribution in [2.45, 2.75) is 11.8 Å². The Morgan fingerprint density at radius 2 is 1.69 bits per heavy atom. The lowest BCUT2D eigenvalue weighted by Crippen LogP contribution is -2.15. The van der Waals surface area contributed by atoms with Gasteiger partial charge in [-0.25, -0.2) is 18.1 Å². The van der Waals surface area contributed by atoms with Crippen LogP contribution in [0.15, 0.2) is 59.5 Å². The number of sulfonamides is 1. The molecule has 0 atom stereocenters. The van der Waals surface area contributed by atoms with E-state index in [9.17, 15) is 13.7 Å². The lowest BCUT2D eigenvalue weighted by molar-refractivity contribution is 0.601. The zero-order valence-corrected chi connectivity index (χ0v) is 15.2. The van der Waals surface area contributed by atoms with Crippen LogP contribution in [0.25, 0.3) is 11.3 Å². The van der Waals surface area contributed by atoms with Crippen LogP contribution in [0.2, 0.25) is 5.15 Å². The molecule has 0 radical (unpaired) electrons. The SMILES string of the molecule is Cc1ccc(-c2nc(NS(=O)(=O)c3ccccc3)nc(Cl)c2C#N)cc1. The highest BCUT2D eigenvalue weighted by Gasteiger charge is 2.19. The molecule has 0 amide bonds. The molecule has 3 aromatic rings. The van der Waals surface area contributed by atoms with E-state index in [1.807, 2.05) is 25.1 Å². The van der Waals surface area contributed by atoms with Crippen molar-refractivity contribution in [3.05, 3.63) is 70.9 Å². The zero-order valence-electron chi connectivity index (χ0n) is 13.6. The predicted octanol–water partition coefficient (Wildman–Crippen LogP) is 3.78. The van der Waals surface area contributed by atoms with Crippen LogP contribution in [0.3, 0.4) is 0 Å². The fourth-order valence-electron chi connectivity index (χ4n) is 2.28. The number of hydrogen-bond acceptors (Lipinski definition) is 5. The van der Waals surface area contributed by atoms with E-state index in [-0.39, 0.29) is 27.3 Å². The Bertz CT molecular complexity index is 1090. The van der Waals surface area contributed by atoms with Crippen LogP contribution in [0, 0.1) is 18.3 Å². The maximum absolute atomic E-state index is 12.5. The van der Waals surface area contributed by atoms with Crippen LogP contribution in [0.5, 0.6) is 0 Å². The molecule has 0 fully saturated rings. The first-order valence-electron chi connectivity index (χ1n) is 7.53. The van der Waals surface area contributed by atoms with Crippen molar-refractivity contribution in [1.82, 2.24) is 9.97 Å². The van der Waals surface area contributed by atoms with Crippen LogP contribution >= 0.6 is 11.6 Å². The molecule has 0 spiro atoms. The van der Waals surface area contributed by atoms with Crippen LogP contribution in [0.4, 0.5) is 5.95 Å². The summed E-state index contributed by atoms with van der Waals surface area (Å²) >= 11 is 6.08. The Kier molecular flexibility index (Phi) is 4.89. The van der Waals surface area contributed by atoms with Gasteiger partial charge in [0.05, 0.1) is 10.6 Å². The summed E-state index contributed by atoms with van der Waals surface area (Å²) in [6.07, 6.45) is 0. The van der Waals surface area contributed by atoms with Gasteiger partial charge in [0.1, 0.15) is 11.6 Å². The molecule has 0 saturated heterocycles. The number of aryl methyl sites for hydroxylation is 1. The number of nitrogens with one attached hydrogen (secondary N) is 1. The van der Waals surface area contributed by atoms with E-state index in [1.54, 1.807) is 30.3 Å². The summed E-state index contributed by atoms with van der Waals surface area (Å²) in [7, 11) is -3.87. The molecule has 1 N–H and O–H groups in total. The summed E-state index contributed by atoms with van der Waals surface area (Å²) in [5, 5.41) is 9.24. The van der Waals surface area contributed by atoms with Gasteiger partial charge in [-0.2, -0.15) is 10.2 Å². The topological polar surface area (TPSA) is 95.7 Å². The molecule has 0 aliphatic heterocycles. The molecule has 6 nitrogen and oxygen atoms in total. The van der Waals surface area contributed by atoms with Gasteiger partial charge in [0.15, 0.2) is 5.15 Å². The lowest BCUT2D eigenvalue weighted by atomic mass is 10.1. The monoisotopic (exact) mass is 384 g/mol. The molecule has 26 heavy (non-hydrogen) atoms. The van der Waals surface area contributed by atoms with E-state index in [1.165, 1.54) is 12.1 Å². The van der Waals surface area contributed by atoms with E-state index in [2.05, 4.69) is 14.7 Å².